The molecule has 1 N–H and O–H groups in total. The van der Waals surface area contributed by atoms with Crippen molar-refractivity contribution >= 4 is 40.6 Å². The quantitative estimate of drug-likeness (QED) is 0.564. The van der Waals surface area contributed by atoms with Gasteiger partial charge in [-0.25, -0.2) is 0 Å². The molecule has 25 heavy (non-hydrogen) atoms. The number of nitrogens with one attached hydrogen (secondary N) is 1. The molecule has 0 saturated carbocycles. The van der Waals surface area contributed by atoms with E-state index in [1.807, 2.05) is 24.3 Å². The Bertz CT molecular complexity index is 768. The van der Waals surface area contributed by atoms with Crippen LogP contribution >= 0.6 is 23.4 Å². The van der Waals surface area contributed by atoms with Gasteiger partial charge in [-0.3, -0.25) is 14.9 Å². The van der Waals surface area contributed by atoms with Crippen molar-refractivity contribution in [2.75, 3.05) is 12.4 Å². The third-order valence-corrected chi connectivity index (χ3v) is 4.90. The summed E-state index contributed by atoms with van der Waals surface area (Å²) in [7, 11) is 1.40. The van der Waals surface area contributed by atoms with E-state index in [9.17, 15) is 14.9 Å². The maximum absolute atomic E-state index is 12.3. The van der Waals surface area contributed by atoms with Crippen molar-refractivity contribution in [3.05, 3.63) is 63.2 Å². The van der Waals surface area contributed by atoms with Crippen LogP contribution in [0, 0.1) is 10.1 Å². The highest BCUT2D eigenvalue weighted by atomic mass is 35.5. The van der Waals surface area contributed by atoms with Crippen LogP contribution in [0.5, 0.6) is 5.75 Å². The Morgan fingerprint density at radius 1 is 1.32 bits per heavy atom. The fraction of sp³-hybridized carbons (Fsp3) is 0.235. The summed E-state index contributed by atoms with van der Waals surface area (Å²) in [6.45, 7) is 1.80. The minimum Gasteiger partial charge on any atom is -0.494 e. The van der Waals surface area contributed by atoms with Gasteiger partial charge >= 0.3 is 0 Å². The molecule has 0 aromatic heterocycles. The summed E-state index contributed by atoms with van der Waals surface area (Å²) in [4.78, 5) is 22.6. The van der Waals surface area contributed by atoms with Gasteiger partial charge in [0.2, 0.25) is 5.91 Å². The van der Waals surface area contributed by atoms with Crippen LogP contribution in [0.3, 0.4) is 0 Å². The van der Waals surface area contributed by atoms with Crippen molar-refractivity contribution in [2.24, 2.45) is 0 Å². The lowest BCUT2D eigenvalue weighted by Gasteiger charge is -2.14. The highest BCUT2D eigenvalue weighted by Gasteiger charge is 2.17. The molecule has 0 aliphatic heterocycles. The van der Waals surface area contributed by atoms with E-state index in [1.165, 1.54) is 37.1 Å². The number of non-ortho nitro benzene ring substituents is 1. The van der Waals surface area contributed by atoms with Gasteiger partial charge in [-0.1, -0.05) is 23.7 Å². The van der Waals surface area contributed by atoms with Crippen LogP contribution in [-0.2, 0) is 10.5 Å². The first-order chi connectivity index (χ1) is 11.9. The smallest absolute Gasteiger partial charge is 0.273 e. The average Bonchev–Trinajstić information content (AvgIpc) is 2.61. The molecule has 2 aromatic carbocycles. The number of rotatable bonds is 7. The summed E-state index contributed by atoms with van der Waals surface area (Å²) in [6.07, 6.45) is 0. The molecule has 2 rings (SSSR count). The van der Waals surface area contributed by atoms with Gasteiger partial charge in [-0.05, 0) is 30.7 Å². The number of nitrogens with zero attached hydrogens (tertiary/aromatic N) is 1. The van der Waals surface area contributed by atoms with Crippen molar-refractivity contribution in [3.8, 4) is 5.75 Å². The number of carbonyl (C=O) groups is 1. The number of amides is 1. The molecule has 1 atom stereocenters. The van der Waals surface area contributed by atoms with Gasteiger partial charge in [0.15, 0.2) is 0 Å². The highest BCUT2D eigenvalue weighted by Crippen LogP contribution is 2.30. The predicted molar refractivity (Wildman–Crippen MR) is 100 cm³/mol. The molecule has 0 aliphatic rings. The van der Waals surface area contributed by atoms with Crippen LogP contribution in [0.15, 0.2) is 42.5 Å². The first kappa shape index (κ1) is 19.1. The number of benzene rings is 2. The van der Waals surface area contributed by atoms with Gasteiger partial charge in [-0.2, -0.15) is 0 Å². The number of hydrogen-bond acceptors (Lipinski definition) is 5. The molecule has 0 bridgehead atoms. The predicted octanol–water partition coefficient (Wildman–Crippen LogP) is 4.52. The van der Waals surface area contributed by atoms with Crippen molar-refractivity contribution in [3.63, 3.8) is 0 Å². The Morgan fingerprint density at radius 3 is 2.60 bits per heavy atom. The van der Waals surface area contributed by atoms with Gasteiger partial charge in [0.1, 0.15) is 5.75 Å². The number of hydrogen-bond donors (Lipinski definition) is 1. The zero-order chi connectivity index (χ0) is 18.4. The van der Waals surface area contributed by atoms with Crippen molar-refractivity contribution in [1.29, 1.82) is 0 Å². The largest absolute Gasteiger partial charge is 0.494 e. The van der Waals surface area contributed by atoms with Gasteiger partial charge in [0.05, 0.1) is 29.0 Å². The molecule has 0 aliphatic carbocycles. The molecule has 1 amide bonds. The normalized spacial score (nSPS) is 11.6. The summed E-state index contributed by atoms with van der Waals surface area (Å²) in [6, 6.07) is 11.5. The molecular weight excluding hydrogens is 364 g/mol. The second kappa shape index (κ2) is 8.73. The van der Waals surface area contributed by atoms with Crippen LogP contribution in [0.1, 0.15) is 12.5 Å². The third-order valence-electron chi connectivity index (χ3n) is 3.44. The lowest BCUT2D eigenvalue weighted by molar-refractivity contribution is -0.384. The van der Waals surface area contributed by atoms with E-state index in [0.717, 1.165) is 5.56 Å². The number of nitro benzene ring substituents is 1. The number of ether oxygens (including phenoxy) is 1. The SMILES string of the molecule is COc1cc([N+](=O)[O-])ccc1NC(=O)[C@@H](C)SCc1ccc(Cl)cc1. The number of methoxy groups -OCH3 is 1. The molecule has 0 spiro atoms. The maximum Gasteiger partial charge on any atom is 0.273 e. The number of carbonyl (C=O) groups excluding carboxylic acids is 1. The highest BCUT2D eigenvalue weighted by molar-refractivity contribution is 7.99. The average molecular weight is 381 g/mol. The van der Waals surface area contributed by atoms with E-state index < -0.39 is 4.92 Å². The van der Waals surface area contributed by atoms with Crippen LogP contribution < -0.4 is 10.1 Å². The van der Waals surface area contributed by atoms with E-state index in [-0.39, 0.29) is 22.6 Å². The van der Waals surface area contributed by atoms with Crippen LogP contribution in [-0.4, -0.2) is 23.2 Å². The molecule has 0 saturated heterocycles. The molecule has 2 aromatic rings. The van der Waals surface area contributed by atoms with E-state index >= 15 is 0 Å². The number of anilines is 1. The Balaban J connectivity index is 1.98. The van der Waals surface area contributed by atoms with Crippen LogP contribution in [0.25, 0.3) is 0 Å². The zero-order valence-corrected chi connectivity index (χ0v) is 15.3. The fourth-order valence-corrected chi connectivity index (χ4v) is 2.98. The van der Waals surface area contributed by atoms with E-state index in [4.69, 9.17) is 16.3 Å². The molecule has 0 fully saturated rings. The molecule has 0 unspecified atom stereocenters. The number of nitro groups is 1. The second-order valence-electron chi connectivity index (χ2n) is 5.21. The van der Waals surface area contributed by atoms with Crippen LogP contribution in [0.4, 0.5) is 11.4 Å². The molecule has 8 heteroatoms. The molecular formula is C17H17ClN2O4S. The molecule has 0 heterocycles. The number of thioether (sulfide) groups is 1. The van der Waals surface area contributed by atoms with Crippen LogP contribution in [0.2, 0.25) is 5.02 Å². The fourth-order valence-electron chi connectivity index (χ4n) is 2.01. The van der Waals surface area contributed by atoms with Crippen molar-refractivity contribution in [1.82, 2.24) is 0 Å². The zero-order valence-electron chi connectivity index (χ0n) is 13.7. The Morgan fingerprint density at radius 2 is 2.00 bits per heavy atom. The van der Waals surface area contributed by atoms with Gasteiger partial charge < -0.3 is 10.1 Å². The maximum atomic E-state index is 12.3. The van der Waals surface area contributed by atoms with E-state index in [2.05, 4.69) is 5.32 Å². The summed E-state index contributed by atoms with van der Waals surface area (Å²) in [5.74, 6) is 0.715. The number of halogens is 1. The second-order valence-corrected chi connectivity index (χ2v) is 6.98. The molecule has 132 valence electrons. The first-order valence-corrected chi connectivity index (χ1v) is 8.82. The van der Waals surface area contributed by atoms with Gasteiger partial charge in [-0.15, -0.1) is 11.8 Å². The monoisotopic (exact) mass is 380 g/mol. The summed E-state index contributed by atoms with van der Waals surface area (Å²) in [5.41, 5.74) is 1.37. The topological polar surface area (TPSA) is 81.5 Å². The minimum absolute atomic E-state index is 0.0972. The Hall–Kier alpha value is -2.25. The summed E-state index contributed by atoms with van der Waals surface area (Å²) < 4.78 is 5.12. The van der Waals surface area contributed by atoms with E-state index in [1.54, 1.807) is 6.92 Å². The molecule has 6 nitrogen and oxygen atoms in total. The minimum atomic E-state index is -0.515. The molecule has 0 radical (unpaired) electrons. The lowest BCUT2D eigenvalue weighted by atomic mass is 10.2. The summed E-state index contributed by atoms with van der Waals surface area (Å²) in [5, 5.41) is 13.9. The van der Waals surface area contributed by atoms with Gasteiger partial charge in [0, 0.05) is 16.8 Å². The first-order valence-electron chi connectivity index (χ1n) is 7.40. The van der Waals surface area contributed by atoms with E-state index in [0.29, 0.717) is 16.5 Å². The third kappa shape index (κ3) is 5.37. The van der Waals surface area contributed by atoms with Crippen molar-refractivity contribution < 1.29 is 14.5 Å². The Labute approximate surface area is 154 Å². The van der Waals surface area contributed by atoms with Crippen molar-refractivity contribution in [2.45, 2.75) is 17.9 Å². The lowest BCUT2D eigenvalue weighted by Crippen LogP contribution is -2.22. The van der Waals surface area contributed by atoms with Gasteiger partial charge in [0.25, 0.3) is 5.69 Å². The standard InChI is InChI=1S/C17H17ClN2O4S/c1-11(25-10-12-3-5-13(18)6-4-12)17(21)19-15-8-7-14(20(22)23)9-16(15)24-2/h3-9,11H,10H2,1-2H3,(H,19,21)/t11-/m1/s1. The Kier molecular flexibility index (Phi) is 6.66. The summed E-state index contributed by atoms with van der Waals surface area (Å²) >= 11 is 7.33.